The number of fused-ring (bicyclic) bond motifs is 1. The lowest BCUT2D eigenvalue weighted by Gasteiger charge is -2.27. The van der Waals surface area contributed by atoms with Crippen molar-refractivity contribution in [2.24, 2.45) is 0 Å². The van der Waals surface area contributed by atoms with Crippen LogP contribution in [0.25, 0.3) is 0 Å². The van der Waals surface area contributed by atoms with E-state index in [4.69, 9.17) is 4.74 Å². The van der Waals surface area contributed by atoms with Gasteiger partial charge in [-0.2, -0.15) is 0 Å². The summed E-state index contributed by atoms with van der Waals surface area (Å²) in [6.45, 7) is 0.676. The molecule has 1 N–H and O–H groups in total. The van der Waals surface area contributed by atoms with Crippen LogP contribution in [0.15, 0.2) is 42.5 Å². The molecule has 0 radical (unpaired) electrons. The molecule has 2 unspecified atom stereocenters. The fraction of sp³-hybridized carbons (Fsp3) is 0.294. The van der Waals surface area contributed by atoms with Gasteiger partial charge >= 0.3 is 0 Å². The van der Waals surface area contributed by atoms with E-state index in [2.05, 4.69) is 28.7 Å². The normalized spacial score (nSPS) is 18.7. The van der Waals surface area contributed by atoms with Gasteiger partial charge in [0, 0.05) is 3.57 Å². The second-order valence-corrected chi connectivity index (χ2v) is 6.45. The second-order valence-electron chi connectivity index (χ2n) is 5.29. The van der Waals surface area contributed by atoms with Crippen LogP contribution in [0.5, 0.6) is 5.75 Å². The molecule has 2 aromatic carbocycles. The molecule has 0 saturated heterocycles. The van der Waals surface area contributed by atoms with Crippen LogP contribution in [-0.2, 0) is 0 Å². The van der Waals surface area contributed by atoms with Crippen molar-refractivity contribution in [2.45, 2.75) is 24.9 Å². The molecule has 0 aliphatic carbocycles. The molecule has 0 amide bonds. The summed E-state index contributed by atoms with van der Waals surface area (Å²) in [5.74, 6) is 0.910. The van der Waals surface area contributed by atoms with Crippen LogP contribution in [0.3, 0.4) is 0 Å². The van der Waals surface area contributed by atoms with Gasteiger partial charge in [0.05, 0.1) is 12.7 Å². The Labute approximate surface area is 137 Å². The van der Waals surface area contributed by atoms with Gasteiger partial charge in [-0.25, -0.2) is 4.39 Å². The molecule has 2 nitrogen and oxygen atoms in total. The lowest BCUT2D eigenvalue weighted by molar-refractivity contribution is 0.144. The summed E-state index contributed by atoms with van der Waals surface area (Å²) >= 11 is 2.07. The number of halogens is 2. The third kappa shape index (κ3) is 3.21. The minimum absolute atomic E-state index is 0.269. The maximum Gasteiger partial charge on any atom is 0.124 e. The first-order chi connectivity index (χ1) is 10.1. The lowest BCUT2D eigenvalue weighted by atomic mass is 9.86. The van der Waals surface area contributed by atoms with E-state index in [0.29, 0.717) is 13.0 Å². The second kappa shape index (κ2) is 6.32. The fourth-order valence-corrected chi connectivity index (χ4v) is 3.67. The van der Waals surface area contributed by atoms with E-state index in [-0.39, 0.29) is 11.7 Å². The van der Waals surface area contributed by atoms with Crippen LogP contribution in [0, 0.1) is 9.39 Å². The molecule has 2 aromatic rings. The van der Waals surface area contributed by atoms with E-state index >= 15 is 0 Å². The zero-order valence-electron chi connectivity index (χ0n) is 11.4. The molecule has 2 atom stereocenters. The average molecular weight is 398 g/mol. The zero-order valence-corrected chi connectivity index (χ0v) is 13.6. The molecule has 0 bridgehead atoms. The number of hydrogen-bond donors (Lipinski definition) is 1. The van der Waals surface area contributed by atoms with E-state index in [0.717, 1.165) is 26.9 Å². The maximum absolute atomic E-state index is 13.2. The Hall–Kier alpha value is -1.14. The van der Waals surface area contributed by atoms with Crippen LogP contribution in [0.1, 0.15) is 36.0 Å². The first-order valence-electron chi connectivity index (χ1n) is 7.00. The summed E-state index contributed by atoms with van der Waals surface area (Å²) in [6, 6.07) is 12.5. The van der Waals surface area contributed by atoms with Gasteiger partial charge in [-0.1, -0.05) is 24.3 Å². The van der Waals surface area contributed by atoms with Gasteiger partial charge in [-0.15, -0.1) is 0 Å². The molecule has 0 fully saturated rings. The molecular formula is C17H16FIO2. The highest BCUT2D eigenvalue weighted by Crippen LogP contribution is 2.39. The van der Waals surface area contributed by atoms with Crippen LogP contribution in [-0.4, -0.2) is 11.7 Å². The SMILES string of the molecule is OC(CC1CCOc2ccccc21)c1ccc(F)cc1I. The molecule has 21 heavy (non-hydrogen) atoms. The molecule has 1 aliphatic heterocycles. The summed E-state index contributed by atoms with van der Waals surface area (Å²) in [5, 5.41) is 10.5. The molecular weight excluding hydrogens is 382 g/mol. The van der Waals surface area contributed by atoms with Gasteiger partial charge in [-0.3, -0.25) is 0 Å². The number of aliphatic hydroxyl groups is 1. The van der Waals surface area contributed by atoms with Gasteiger partial charge in [0.2, 0.25) is 0 Å². The van der Waals surface area contributed by atoms with Gasteiger partial charge in [0.15, 0.2) is 0 Å². The van der Waals surface area contributed by atoms with Crippen LogP contribution in [0.4, 0.5) is 4.39 Å². The van der Waals surface area contributed by atoms with Crippen molar-refractivity contribution >= 4 is 22.6 Å². The summed E-state index contributed by atoms with van der Waals surface area (Å²) < 4.78 is 19.6. The smallest absolute Gasteiger partial charge is 0.124 e. The number of ether oxygens (including phenoxy) is 1. The average Bonchev–Trinajstić information content (AvgIpc) is 2.47. The molecule has 1 aliphatic rings. The lowest BCUT2D eigenvalue weighted by Crippen LogP contribution is -2.16. The molecule has 0 aromatic heterocycles. The number of para-hydroxylation sites is 1. The van der Waals surface area contributed by atoms with Crippen molar-refractivity contribution in [3.63, 3.8) is 0 Å². The molecule has 110 valence electrons. The molecule has 0 saturated carbocycles. The number of hydrogen-bond acceptors (Lipinski definition) is 2. The summed E-state index contributed by atoms with van der Waals surface area (Å²) in [7, 11) is 0. The van der Waals surface area contributed by atoms with Crippen molar-refractivity contribution < 1.29 is 14.2 Å². The molecule has 4 heteroatoms. The Balaban J connectivity index is 1.81. The summed E-state index contributed by atoms with van der Waals surface area (Å²) in [6.07, 6.45) is 0.932. The van der Waals surface area contributed by atoms with Crippen LogP contribution < -0.4 is 4.74 Å². The topological polar surface area (TPSA) is 29.5 Å². The highest BCUT2D eigenvalue weighted by Gasteiger charge is 2.25. The van der Waals surface area contributed by atoms with E-state index in [1.54, 1.807) is 6.07 Å². The first kappa shape index (κ1) is 14.8. The maximum atomic E-state index is 13.2. The van der Waals surface area contributed by atoms with Gasteiger partial charge in [0.1, 0.15) is 11.6 Å². The summed E-state index contributed by atoms with van der Waals surface area (Å²) in [5.41, 5.74) is 1.95. The van der Waals surface area contributed by atoms with Crippen molar-refractivity contribution in [1.82, 2.24) is 0 Å². The van der Waals surface area contributed by atoms with Crippen molar-refractivity contribution in [3.8, 4) is 5.75 Å². The molecule has 3 rings (SSSR count). The highest BCUT2D eigenvalue weighted by atomic mass is 127. The Bertz CT molecular complexity index is 644. The number of rotatable bonds is 3. The van der Waals surface area contributed by atoms with E-state index in [1.807, 2.05) is 18.2 Å². The van der Waals surface area contributed by atoms with Crippen molar-refractivity contribution in [1.29, 1.82) is 0 Å². The zero-order chi connectivity index (χ0) is 14.8. The summed E-state index contributed by atoms with van der Waals surface area (Å²) in [4.78, 5) is 0. The predicted octanol–water partition coefficient (Wildman–Crippen LogP) is 4.42. The third-order valence-electron chi connectivity index (χ3n) is 3.91. The van der Waals surface area contributed by atoms with Crippen molar-refractivity contribution in [3.05, 3.63) is 63.0 Å². The number of aliphatic hydroxyl groups excluding tert-OH is 1. The highest BCUT2D eigenvalue weighted by molar-refractivity contribution is 14.1. The minimum atomic E-state index is -0.589. The Morgan fingerprint density at radius 3 is 2.90 bits per heavy atom. The monoisotopic (exact) mass is 398 g/mol. The standard InChI is InChI=1S/C17H16FIO2/c18-12-5-6-14(15(19)10-12)16(20)9-11-7-8-21-17-4-2-1-3-13(11)17/h1-6,10-11,16,20H,7-9H2. The molecule has 0 spiro atoms. The minimum Gasteiger partial charge on any atom is -0.493 e. The largest absolute Gasteiger partial charge is 0.493 e. The Morgan fingerprint density at radius 1 is 1.29 bits per heavy atom. The Morgan fingerprint density at radius 2 is 2.10 bits per heavy atom. The van der Waals surface area contributed by atoms with Crippen LogP contribution >= 0.6 is 22.6 Å². The van der Waals surface area contributed by atoms with Crippen molar-refractivity contribution in [2.75, 3.05) is 6.61 Å². The number of benzene rings is 2. The van der Waals surface area contributed by atoms with Gasteiger partial charge in [-0.05, 0) is 70.7 Å². The third-order valence-corrected chi connectivity index (χ3v) is 4.85. The van der Waals surface area contributed by atoms with E-state index in [1.165, 1.54) is 12.1 Å². The van der Waals surface area contributed by atoms with E-state index < -0.39 is 6.10 Å². The van der Waals surface area contributed by atoms with Gasteiger partial charge < -0.3 is 9.84 Å². The Kier molecular flexibility index (Phi) is 4.45. The van der Waals surface area contributed by atoms with Gasteiger partial charge in [0.25, 0.3) is 0 Å². The molecule has 1 heterocycles. The van der Waals surface area contributed by atoms with E-state index in [9.17, 15) is 9.50 Å². The fourth-order valence-electron chi connectivity index (χ4n) is 2.83. The first-order valence-corrected chi connectivity index (χ1v) is 8.08. The quantitative estimate of drug-likeness (QED) is 0.776. The van der Waals surface area contributed by atoms with Crippen LogP contribution in [0.2, 0.25) is 0 Å². The predicted molar refractivity (Wildman–Crippen MR) is 88.0 cm³/mol.